The fourth-order valence-corrected chi connectivity index (χ4v) is 2.53. The van der Waals surface area contributed by atoms with Crippen LogP contribution in [-0.4, -0.2) is 41.1 Å². The number of amides is 2. The summed E-state index contributed by atoms with van der Waals surface area (Å²) < 4.78 is 0. The van der Waals surface area contributed by atoms with E-state index in [4.69, 9.17) is 5.11 Å². The van der Waals surface area contributed by atoms with Gasteiger partial charge < -0.3 is 15.3 Å². The molecule has 2 amide bonds. The minimum absolute atomic E-state index is 0.0265. The number of likely N-dealkylation sites (tertiary alicyclic amines) is 1. The van der Waals surface area contributed by atoms with Crippen molar-refractivity contribution >= 4 is 12.0 Å². The van der Waals surface area contributed by atoms with Crippen LogP contribution in [0.1, 0.15) is 46.5 Å². The summed E-state index contributed by atoms with van der Waals surface area (Å²) >= 11 is 0. The van der Waals surface area contributed by atoms with Gasteiger partial charge in [-0.15, -0.1) is 0 Å². The van der Waals surface area contributed by atoms with Crippen LogP contribution >= 0.6 is 0 Å². The maximum Gasteiger partial charge on any atom is 0.317 e. The highest BCUT2D eigenvalue weighted by atomic mass is 16.4. The Hall–Kier alpha value is -1.26. The van der Waals surface area contributed by atoms with Crippen molar-refractivity contribution in [3.05, 3.63) is 0 Å². The summed E-state index contributed by atoms with van der Waals surface area (Å²) in [5, 5.41) is 12.0. The van der Waals surface area contributed by atoms with Crippen molar-refractivity contribution in [1.82, 2.24) is 10.2 Å². The third-order valence-corrected chi connectivity index (χ3v) is 3.83. The quantitative estimate of drug-likeness (QED) is 0.728. The van der Waals surface area contributed by atoms with Crippen molar-refractivity contribution in [2.75, 3.05) is 13.1 Å². The fraction of sp³-hybridized carbons (Fsp3) is 0.857. The molecule has 0 saturated carbocycles. The summed E-state index contributed by atoms with van der Waals surface area (Å²) in [7, 11) is 0. The first-order chi connectivity index (χ1) is 8.95. The van der Waals surface area contributed by atoms with E-state index in [0.717, 1.165) is 12.8 Å². The number of unbranched alkanes of at least 4 members (excludes halogenated alkanes) is 2. The number of hydrogen-bond acceptors (Lipinski definition) is 2. The molecule has 0 bridgehead atoms. The normalized spacial score (nSPS) is 24.3. The average molecular weight is 270 g/mol. The molecule has 1 aliphatic heterocycles. The first kappa shape index (κ1) is 15.8. The van der Waals surface area contributed by atoms with Gasteiger partial charge in [-0.2, -0.15) is 0 Å². The molecule has 1 heterocycles. The Labute approximate surface area is 115 Å². The van der Waals surface area contributed by atoms with Crippen molar-refractivity contribution in [3.8, 4) is 0 Å². The molecular formula is C14H26N2O3. The monoisotopic (exact) mass is 270 g/mol. The SMILES string of the molecule is CCCCCC(C)NC(=O)N1C[C@@H](C)[C@H](C(=O)O)C1. The molecule has 0 aromatic rings. The maximum atomic E-state index is 12.0. The lowest BCUT2D eigenvalue weighted by molar-refractivity contribution is -0.142. The zero-order chi connectivity index (χ0) is 14.4. The molecule has 0 radical (unpaired) electrons. The number of carboxylic acid groups (broad SMARTS) is 1. The zero-order valence-electron chi connectivity index (χ0n) is 12.2. The minimum atomic E-state index is -0.807. The molecule has 0 aromatic heterocycles. The van der Waals surface area contributed by atoms with Crippen LogP contribution in [0, 0.1) is 11.8 Å². The Morgan fingerprint density at radius 3 is 2.58 bits per heavy atom. The predicted molar refractivity (Wildman–Crippen MR) is 74.0 cm³/mol. The van der Waals surface area contributed by atoms with Gasteiger partial charge in [0, 0.05) is 19.1 Å². The lowest BCUT2D eigenvalue weighted by Gasteiger charge is -2.20. The van der Waals surface area contributed by atoms with Crippen molar-refractivity contribution < 1.29 is 14.7 Å². The molecule has 1 unspecified atom stereocenters. The number of carbonyl (C=O) groups is 2. The summed E-state index contributed by atoms with van der Waals surface area (Å²) in [5.41, 5.74) is 0. The van der Waals surface area contributed by atoms with Crippen LogP contribution in [0.3, 0.4) is 0 Å². The lowest BCUT2D eigenvalue weighted by atomic mass is 9.99. The summed E-state index contributed by atoms with van der Waals surface area (Å²) in [5.74, 6) is -1.21. The molecule has 5 nitrogen and oxygen atoms in total. The highest BCUT2D eigenvalue weighted by Crippen LogP contribution is 2.23. The molecule has 0 spiro atoms. The number of carbonyl (C=O) groups excluding carboxylic acids is 1. The second kappa shape index (κ2) is 7.36. The molecule has 3 atom stereocenters. The third-order valence-electron chi connectivity index (χ3n) is 3.83. The molecule has 19 heavy (non-hydrogen) atoms. The van der Waals surface area contributed by atoms with Gasteiger partial charge in [0.15, 0.2) is 0 Å². The maximum absolute atomic E-state index is 12.0. The zero-order valence-corrected chi connectivity index (χ0v) is 12.2. The van der Waals surface area contributed by atoms with Gasteiger partial charge in [0.1, 0.15) is 0 Å². The van der Waals surface area contributed by atoms with Gasteiger partial charge in [0.2, 0.25) is 0 Å². The number of aliphatic carboxylic acids is 1. The Balaban J connectivity index is 2.36. The van der Waals surface area contributed by atoms with Crippen molar-refractivity contribution in [2.24, 2.45) is 11.8 Å². The fourth-order valence-electron chi connectivity index (χ4n) is 2.53. The van der Waals surface area contributed by atoms with Gasteiger partial charge in [-0.1, -0.05) is 33.1 Å². The highest BCUT2D eigenvalue weighted by Gasteiger charge is 2.37. The molecule has 1 rings (SSSR count). The average Bonchev–Trinajstić information content (AvgIpc) is 2.72. The number of nitrogens with one attached hydrogen (secondary N) is 1. The molecule has 1 saturated heterocycles. The number of hydrogen-bond donors (Lipinski definition) is 2. The Bertz CT molecular complexity index is 320. The first-order valence-corrected chi connectivity index (χ1v) is 7.24. The van der Waals surface area contributed by atoms with Crippen molar-refractivity contribution in [2.45, 2.75) is 52.5 Å². The topological polar surface area (TPSA) is 69.6 Å². The second-order valence-electron chi connectivity index (χ2n) is 5.67. The van der Waals surface area contributed by atoms with E-state index in [-0.39, 0.29) is 18.0 Å². The van der Waals surface area contributed by atoms with E-state index in [1.54, 1.807) is 4.90 Å². The smallest absolute Gasteiger partial charge is 0.317 e. The van der Waals surface area contributed by atoms with Crippen LogP contribution in [0.2, 0.25) is 0 Å². The number of rotatable bonds is 6. The van der Waals surface area contributed by atoms with Crippen LogP contribution in [0.4, 0.5) is 4.79 Å². The number of carboxylic acids is 1. The van der Waals surface area contributed by atoms with Crippen LogP contribution in [0.15, 0.2) is 0 Å². The Morgan fingerprint density at radius 1 is 1.37 bits per heavy atom. The molecule has 110 valence electrons. The lowest BCUT2D eigenvalue weighted by Crippen LogP contribution is -2.43. The highest BCUT2D eigenvalue weighted by molar-refractivity contribution is 5.77. The summed E-state index contributed by atoms with van der Waals surface area (Å²) in [6.07, 6.45) is 4.45. The minimum Gasteiger partial charge on any atom is -0.481 e. The van der Waals surface area contributed by atoms with Crippen LogP contribution in [-0.2, 0) is 4.79 Å². The van der Waals surface area contributed by atoms with Gasteiger partial charge in [0.05, 0.1) is 5.92 Å². The summed E-state index contributed by atoms with van der Waals surface area (Å²) in [6.45, 7) is 6.90. The van der Waals surface area contributed by atoms with Crippen LogP contribution in [0.25, 0.3) is 0 Å². The van der Waals surface area contributed by atoms with E-state index in [1.807, 2.05) is 13.8 Å². The number of nitrogens with zero attached hydrogens (tertiary/aromatic N) is 1. The molecule has 0 aromatic carbocycles. The van der Waals surface area contributed by atoms with E-state index in [1.165, 1.54) is 12.8 Å². The number of urea groups is 1. The second-order valence-corrected chi connectivity index (χ2v) is 5.67. The molecule has 5 heteroatoms. The molecule has 2 N–H and O–H groups in total. The van der Waals surface area contributed by atoms with E-state index in [9.17, 15) is 9.59 Å². The standard InChI is InChI=1S/C14H26N2O3/c1-4-5-6-7-11(3)15-14(19)16-8-10(2)12(9-16)13(17)18/h10-12H,4-9H2,1-3H3,(H,15,19)(H,17,18)/t10-,11?,12-/m1/s1. The van der Waals surface area contributed by atoms with Gasteiger partial charge in [0.25, 0.3) is 0 Å². The molecule has 0 aliphatic carbocycles. The summed E-state index contributed by atoms with van der Waals surface area (Å²) in [4.78, 5) is 24.7. The van der Waals surface area contributed by atoms with Crippen molar-refractivity contribution in [1.29, 1.82) is 0 Å². The van der Waals surface area contributed by atoms with Gasteiger partial charge >= 0.3 is 12.0 Å². The van der Waals surface area contributed by atoms with Crippen LogP contribution < -0.4 is 5.32 Å². The van der Waals surface area contributed by atoms with Crippen molar-refractivity contribution in [3.63, 3.8) is 0 Å². The molecular weight excluding hydrogens is 244 g/mol. The Kier molecular flexibility index (Phi) is 6.12. The van der Waals surface area contributed by atoms with Crippen LogP contribution in [0.5, 0.6) is 0 Å². The van der Waals surface area contributed by atoms with E-state index >= 15 is 0 Å². The van der Waals surface area contributed by atoms with Gasteiger partial charge in [-0.3, -0.25) is 4.79 Å². The van der Waals surface area contributed by atoms with Gasteiger partial charge in [-0.05, 0) is 19.3 Å². The molecule has 1 aliphatic rings. The van der Waals surface area contributed by atoms with E-state index in [2.05, 4.69) is 12.2 Å². The van der Waals surface area contributed by atoms with E-state index in [0.29, 0.717) is 13.1 Å². The third kappa shape index (κ3) is 4.73. The van der Waals surface area contributed by atoms with E-state index < -0.39 is 11.9 Å². The summed E-state index contributed by atoms with van der Waals surface area (Å²) in [6, 6.07) is 0.0258. The predicted octanol–water partition coefficient (Wildman–Crippen LogP) is 2.32. The molecule has 1 fully saturated rings. The van der Waals surface area contributed by atoms with Gasteiger partial charge in [-0.25, -0.2) is 4.79 Å². The first-order valence-electron chi connectivity index (χ1n) is 7.24. The Morgan fingerprint density at radius 2 is 2.05 bits per heavy atom. The largest absolute Gasteiger partial charge is 0.481 e.